The number of amides is 2. The molecule has 2 heterocycles. The minimum atomic E-state index is -0.171. The van der Waals surface area contributed by atoms with Crippen LogP contribution in [0.2, 0.25) is 0 Å². The molecule has 1 aliphatic heterocycles. The van der Waals surface area contributed by atoms with Crippen molar-refractivity contribution in [2.24, 2.45) is 23.7 Å². The van der Waals surface area contributed by atoms with E-state index in [2.05, 4.69) is 17.1 Å². The maximum absolute atomic E-state index is 12.8. The summed E-state index contributed by atoms with van der Waals surface area (Å²) in [5.41, 5.74) is 0.804. The Labute approximate surface area is 127 Å². The first kappa shape index (κ1) is 12.1. The fourth-order valence-corrected chi connectivity index (χ4v) is 4.31. The van der Waals surface area contributed by atoms with Gasteiger partial charge >= 0.3 is 0 Å². The molecule has 5 rings (SSSR count). The van der Waals surface area contributed by atoms with Crippen LogP contribution in [0.3, 0.4) is 0 Å². The highest BCUT2D eigenvalue weighted by atomic mass is 16.2. The number of hydrogen-bond acceptors (Lipinski definition) is 3. The number of hydrogen-bond donors (Lipinski definition) is 0. The molecule has 3 aliphatic rings. The SMILES string of the molecule is O=C1[C@@H]2[C@@H](C(=O)N1c1ccc3ccccc3n1)[C@H]1C=C[C@H]2C1. The molecule has 4 heteroatoms. The lowest BCUT2D eigenvalue weighted by atomic mass is 9.85. The molecule has 1 aromatic heterocycles. The number of para-hydroxylation sites is 1. The lowest BCUT2D eigenvalue weighted by Gasteiger charge is -2.16. The molecule has 1 saturated carbocycles. The van der Waals surface area contributed by atoms with Gasteiger partial charge in [0.1, 0.15) is 5.82 Å². The van der Waals surface area contributed by atoms with Gasteiger partial charge in [0, 0.05) is 5.39 Å². The van der Waals surface area contributed by atoms with Gasteiger partial charge in [-0.2, -0.15) is 0 Å². The molecule has 0 radical (unpaired) electrons. The van der Waals surface area contributed by atoms with E-state index in [0.29, 0.717) is 5.82 Å². The minimum Gasteiger partial charge on any atom is -0.274 e. The molecule has 2 aliphatic carbocycles. The summed E-state index contributed by atoms with van der Waals surface area (Å²) in [4.78, 5) is 31.3. The molecule has 2 amide bonds. The van der Waals surface area contributed by atoms with Gasteiger partial charge in [-0.15, -0.1) is 0 Å². The van der Waals surface area contributed by atoms with Crippen molar-refractivity contribution >= 4 is 28.5 Å². The second-order valence-electron chi connectivity index (χ2n) is 6.37. The van der Waals surface area contributed by atoms with E-state index in [4.69, 9.17) is 0 Å². The van der Waals surface area contributed by atoms with Crippen molar-refractivity contribution in [2.45, 2.75) is 6.42 Å². The van der Waals surface area contributed by atoms with Crippen molar-refractivity contribution < 1.29 is 9.59 Å². The summed E-state index contributed by atoms with van der Waals surface area (Å²) in [5.74, 6) is 0.437. The third-order valence-electron chi connectivity index (χ3n) is 5.28. The van der Waals surface area contributed by atoms with Gasteiger partial charge in [0.25, 0.3) is 0 Å². The third kappa shape index (κ3) is 1.39. The van der Waals surface area contributed by atoms with Crippen molar-refractivity contribution in [2.75, 3.05) is 4.90 Å². The Morgan fingerprint density at radius 3 is 2.32 bits per heavy atom. The van der Waals surface area contributed by atoms with Gasteiger partial charge in [-0.05, 0) is 36.5 Å². The smallest absolute Gasteiger partial charge is 0.239 e. The standard InChI is InChI=1S/C18H14N2O2/c21-17-15-11-5-6-12(9-11)16(15)18(22)20(17)14-8-7-10-3-1-2-4-13(10)19-14/h1-8,11-12,15-16H,9H2/t11-,12-,15-,16-/m0/s1. The monoisotopic (exact) mass is 290 g/mol. The van der Waals surface area contributed by atoms with E-state index in [1.165, 1.54) is 4.90 Å². The minimum absolute atomic E-state index is 0.0744. The molecule has 1 aromatic carbocycles. The summed E-state index contributed by atoms with van der Waals surface area (Å²) in [7, 11) is 0. The normalized spacial score (nSPS) is 32.3. The van der Waals surface area contributed by atoms with Crippen LogP contribution in [-0.2, 0) is 9.59 Å². The van der Waals surface area contributed by atoms with Crippen molar-refractivity contribution in [3.63, 3.8) is 0 Å². The second kappa shape index (κ2) is 4.03. The van der Waals surface area contributed by atoms with Crippen LogP contribution in [0.25, 0.3) is 10.9 Å². The summed E-state index contributed by atoms with van der Waals surface area (Å²) in [6, 6.07) is 11.4. The number of nitrogens with zero attached hydrogens (tertiary/aromatic N) is 2. The maximum Gasteiger partial charge on any atom is 0.239 e. The molecule has 108 valence electrons. The predicted octanol–water partition coefficient (Wildman–Crippen LogP) is 2.55. The second-order valence-corrected chi connectivity index (χ2v) is 6.37. The zero-order valence-corrected chi connectivity index (χ0v) is 11.8. The number of imide groups is 1. The Kier molecular flexibility index (Phi) is 2.22. The number of aromatic nitrogens is 1. The number of allylic oxidation sites excluding steroid dienone is 2. The molecule has 0 spiro atoms. The Balaban J connectivity index is 1.60. The van der Waals surface area contributed by atoms with Crippen LogP contribution in [0.4, 0.5) is 5.82 Å². The Hall–Kier alpha value is -2.49. The molecule has 0 unspecified atom stereocenters. The summed E-state index contributed by atoms with van der Waals surface area (Å²) < 4.78 is 0. The number of carbonyl (C=O) groups is 2. The Morgan fingerprint density at radius 2 is 1.59 bits per heavy atom. The summed E-state index contributed by atoms with van der Waals surface area (Å²) in [6.07, 6.45) is 5.16. The Bertz CT molecular complexity index is 827. The highest BCUT2D eigenvalue weighted by Gasteiger charge is 2.59. The summed E-state index contributed by atoms with van der Waals surface area (Å²) >= 11 is 0. The summed E-state index contributed by atoms with van der Waals surface area (Å²) in [5, 5.41) is 1.01. The van der Waals surface area contributed by atoms with Crippen LogP contribution in [-0.4, -0.2) is 16.8 Å². The quantitative estimate of drug-likeness (QED) is 0.599. The predicted molar refractivity (Wildman–Crippen MR) is 82.0 cm³/mol. The van der Waals surface area contributed by atoms with Crippen LogP contribution in [0.15, 0.2) is 48.6 Å². The van der Waals surface area contributed by atoms with Gasteiger partial charge < -0.3 is 0 Å². The van der Waals surface area contributed by atoms with E-state index >= 15 is 0 Å². The van der Waals surface area contributed by atoms with Crippen LogP contribution in [0, 0.1) is 23.7 Å². The third-order valence-corrected chi connectivity index (χ3v) is 5.28. The molecule has 4 atom stereocenters. The van der Waals surface area contributed by atoms with Gasteiger partial charge in [-0.25, -0.2) is 9.88 Å². The van der Waals surface area contributed by atoms with Crippen LogP contribution in [0.5, 0.6) is 0 Å². The first-order chi connectivity index (χ1) is 10.7. The zero-order chi connectivity index (χ0) is 14.8. The number of anilines is 1. The van der Waals surface area contributed by atoms with E-state index in [9.17, 15) is 9.59 Å². The zero-order valence-electron chi connectivity index (χ0n) is 11.8. The fourth-order valence-electron chi connectivity index (χ4n) is 4.31. The van der Waals surface area contributed by atoms with Gasteiger partial charge in [-0.3, -0.25) is 9.59 Å². The van der Waals surface area contributed by atoms with E-state index in [1.54, 1.807) is 6.07 Å². The average molecular weight is 290 g/mol. The molecular formula is C18H14N2O2. The molecule has 4 nitrogen and oxygen atoms in total. The van der Waals surface area contributed by atoms with Gasteiger partial charge in [-0.1, -0.05) is 30.4 Å². The molecule has 1 saturated heterocycles. The lowest BCUT2D eigenvalue weighted by molar-refractivity contribution is -0.123. The van der Waals surface area contributed by atoms with Gasteiger partial charge in [0.05, 0.1) is 17.4 Å². The van der Waals surface area contributed by atoms with Crippen LogP contribution in [0.1, 0.15) is 6.42 Å². The van der Waals surface area contributed by atoms with Crippen molar-refractivity contribution in [3.05, 3.63) is 48.6 Å². The maximum atomic E-state index is 12.8. The van der Waals surface area contributed by atoms with Crippen molar-refractivity contribution in [1.29, 1.82) is 0 Å². The van der Waals surface area contributed by atoms with Gasteiger partial charge in [0.2, 0.25) is 11.8 Å². The highest BCUT2D eigenvalue weighted by Crippen LogP contribution is 2.53. The molecular weight excluding hydrogens is 276 g/mol. The molecule has 22 heavy (non-hydrogen) atoms. The lowest BCUT2D eigenvalue weighted by Crippen LogP contribution is -2.33. The van der Waals surface area contributed by atoms with E-state index in [-0.39, 0.29) is 35.5 Å². The highest BCUT2D eigenvalue weighted by molar-refractivity contribution is 6.22. The van der Waals surface area contributed by atoms with Crippen LogP contribution >= 0.6 is 0 Å². The largest absolute Gasteiger partial charge is 0.274 e. The van der Waals surface area contributed by atoms with E-state index in [1.807, 2.05) is 30.3 Å². The first-order valence-corrected chi connectivity index (χ1v) is 7.66. The average Bonchev–Trinajstić information content (AvgIpc) is 3.21. The first-order valence-electron chi connectivity index (χ1n) is 7.66. The topological polar surface area (TPSA) is 50.3 Å². The molecule has 2 aromatic rings. The number of pyridine rings is 1. The van der Waals surface area contributed by atoms with E-state index in [0.717, 1.165) is 17.3 Å². The molecule has 0 N–H and O–H groups in total. The summed E-state index contributed by atoms with van der Waals surface area (Å²) in [6.45, 7) is 0. The van der Waals surface area contributed by atoms with Gasteiger partial charge in [0.15, 0.2) is 0 Å². The Morgan fingerprint density at radius 1 is 0.909 bits per heavy atom. The number of benzene rings is 1. The van der Waals surface area contributed by atoms with Crippen molar-refractivity contribution in [3.8, 4) is 0 Å². The van der Waals surface area contributed by atoms with E-state index < -0.39 is 0 Å². The molecule has 2 bridgehead atoms. The number of rotatable bonds is 1. The van der Waals surface area contributed by atoms with Crippen LogP contribution < -0.4 is 4.90 Å². The molecule has 2 fully saturated rings. The fraction of sp³-hybridized carbons (Fsp3) is 0.278. The number of carbonyl (C=O) groups excluding carboxylic acids is 2. The van der Waals surface area contributed by atoms with Crippen molar-refractivity contribution in [1.82, 2.24) is 4.98 Å². The number of fused-ring (bicyclic) bond motifs is 6.